The van der Waals surface area contributed by atoms with E-state index in [4.69, 9.17) is 4.74 Å². The second kappa shape index (κ2) is 6.39. The molecule has 2 amide bonds. The van der Waals surface area contributed by atoms with Crippen molar-refractivity contribution < 1.29 is 9.53 Å². The number of aryl methyl sites for hydroxylation is 1. The van der Waals surface area contributed by atoms with Gasteiger partial charge in [-0.15, -0.1) is 0 Å². The van der Waals surface area contributed by atoms with Gasteiger partial charge in [-0.05, 0) is 24.8 Å². The summed E-state index contributed by atoms with van der Waals surface area (Å²) in [6.45, 7) is 2.02. The first kappa shape index (κ1) is 12.9. The van der Waals surface area contributed by atoms with E-state index in [1.807, 2.05) is 19.4 Å². The zero-order valence-corrected chi connectivity index (χ0v) is 10.7. The lowest BCUT2D eigenvalue weighted by atomic mass is 10.2. The Morgan fingerprint density at radius 3 is 3.17 bits per heavy atom. The van der Waals surface area contributed by atoms with Gasteiger partial charge in [-0.2, -0.15) is 5.10 Å². The lowest BCUT2D eigenvalue weighted by molar-refractivity contribution is 0.111. The van der Waals surface area contributed by atoms with Crippen molar-refractivity contribution in [2.45, 2.75) is 25.4 Å². The van der Waals surface area contributed by atoms with Gasteiger partial charge in [-0.1, -0.05) is 0 Å². The van der Waals surface area contributed by atoms with Crippen LogP contribution in [-0.2, 0) is 18.2 Å². The molecule has 1 aliphatic rings. The smallest absolute Gasteiger partial charge is 0.314 e. The van der Waals surface area contributed by atoms with Crippen molar-refractivity contribution in [2.75, 3.05) is 19.7 Å². The third-order valence-corrected chi connectivity index (χ3v) is 2.97. The monoisotopic (exact) mass is 252 g/mol. The molecule has 6 nitrogen and oxygen atoms in total. The number of carbonyl (C=O) groups is 1. The lowest BCUT2D eigenvalue weighted by Gasteiger charge is -2.11. The van der Waals surface area contributed by atoms with Crippen molar-refractivity contribution in [1.29, 1.82) is 0 Å². The summed E-state index contributed by atoms with van der Waals surface area (Å²) in [4.78, 5) is 11.5. The molecule has 100 valence electrons. The van der Waals surface area contributed by atoms with Crippen LogP contribution in [0, 0.1) is 0 Å². The highest BCUT2D eigenvalue weighted by Crippen LogP contribution is 2.10. The molecule has 18 heavy (non-hydrogen) atoms. The fourth-order valence-electron chi connectivity index (χ4n) is 2.00. The number of rotatable bonds is 5. The molecule has 2 N–H and O–H groups in total. The van der Waals surface area contributed by atoms with E-state index in [9.17, 15) is 4.79 Å². The van der Waals surface area contributed by atoms with E-state index in [2.05, 4.69) is 15.7 Å². The van der Waals surface area contributed by atoms with Crippen LogP contribution in [0.4, 0.5) is 4.79 Å². The van der Waals surface area contributed by atoms with Crippen LogP contribution in [-0.4, -0.2) is 41.6 Å². The minimum Gasteiger partial charge on any atom is -0.376 e. The summed E-state index contributed by atoms with van der Waals surface area (Å²) < 4.78 is 7.18. The molecule has 6 heteroatoms. The molecule has 0 saturated carbocycles. The fourth-order valence-corrected chi connectivity index (χ4v) is 2.00. The Kier molecular flexibility index (Phi) is 4.58. The number of amides is 2. The molecular formula is C12H20N4O2. The fraction of sp³-hybridized carbons (Fsp3) is 0.667. The first-order valence-electron chi connectivity index (χ1n) is 6.35. The molecule has 2 heterocycles. The van der Waals surface area contributed by atoms with Crippen LogP contribution in [0.1, 0.15) is 18.4 Å². The van der Waals surface area contributed by atoms with Crippen molar-refractivity contribution >= 4 is 6.03 Å². The van der Waals surface area contributed by atoms with Crippen LogP contribution in [0.15, 0.2) is 12.4 Å². The molecule has 0 bridgehead atoms. The van der Waals surface area contributed by atoms with Crippen LogP contribution in [0.25, 0.3) is 0 Å². The van der Waals surface area contributed by atoms with Crippen LogP contribution < -0.4 is 10.6 Å². The number of nitrogens with zero attached hydrogens (tertiary/aromatic N) is 2. The molecule has 0 spiro atoms. The van der Waals surface area contributed by atoms with Gasteiger partial charge in [0, 0.05) is 32.9 Å². The quantitative estimate of drug-likeness (QED) is 0.799. The lowest BCUT2D eigenvalue weighted by Crippen LogP contribution is -2.40. The largest absolute Gasteiger partial charge is 0.376 e. The molecule has 0 aliphatic carbocycles. The van der Waals surface area contributed by atoms with Gasteiger partial charge in [0.05, 0.1) is 12.3 Å². The Labute approximate surface area is 107 Å². The summed E-state index contributed by atoms with van der Waals surface area (Å²) in [5, 5.41) is 9.72. The molecule has 2 rings (SSSR count). The van der Waals surface area contributed by atoms with E-state index in [-0.39, 0.29) is 12.1 Å². The molecular weight excluding hydrogens is 232 g/mol. The highest BCUT2D eigenvalue weighted by molar-refractivity contribution is 5.73. The molecule has 0 aromatic carbocycles. The van der Waals surface area contributed by atoms with E-state index in [0.717, 1.165) is 31.4 Å². The number of hydrogen-bond acceptors (Lipinski definition) is 3. The van der Waals surface area contributed by atoms with Crippen molar-refractivity contribution in [2.24, 2.45) is 7.05 Å². The molecule has 1 saturated heterocycles. The standard InChI is InChI=1S/C12H20N4O2/c1-16-9-10(7-15-16)4-5-13-12(17)14-8-11-3-2-6-18-11/h7,9,11H,2-6,8H2,1H3,(H2,13,14,17). The minimum atomic E-state index is -0.130. The SMILES string of the molecule is Cn1cc(CCNC(=O)NCC2CCCO2)cn1. The number of urea groups is 1. The second-order valence-corrected chi connectivity index (χ2v) is 4.54. The first-order valence-corrected chi connectivity index (χ1v) is 6.35. The van der Waals surface area contributed by atoms with Crippen LogP contribution in [0.3, 0.4) is 0 Å². The Bertz CT molecular complexity index is 385. The van der Waals surface area contributed by atoms with Crippen molar-refractivity contribution in [3.8, 4) is 0 Å². The van der Waals surface area contributed by atoms with E-state index in [1.54, 1.807) is 4.68 Å². The molecule has 1 aliphatic heterocycles. The third-order valence-electron chi connectivity index (χ3n) is 2.97. The van der Waals surface area contributed by atoms with Gasteiger partial charge < -0.3 is 15.4 Å². The van der Waals surface area contributed by atoms with Crippen LogP contribution >= 0.6 is 0 Å². The maximum absolute atomic E-state index is 11.5. The summed E-state index contributed by atoms with van der Waals surface area (Å²) in [6, 6.07) is -0.130. The molecule has 1 aromatic heterocycles. The van der Waals surface area contributed by atoms with Gasteiger partial charge in [-0.3, -0.25) is 4.68 Å². The van der Waals surface area contributed by atoms with Gasteiger partial charge in [0.1, 0.15) is 0 Å². The third kappa shape index (κ3) is 4.03. The molecule has 1 aromatic rings. The molecule has 1 unspecified atom stereocenters. The maximum atomic E-state index is 11.5. The predicted octanol–water partition coefficient (Wildman–Crippen LogP) is 0.441. The number of nitrogens with one attached hydrogen (secondary N) is 2. The normalized spacial score (nSPS) is 18.8. The van der Waals surface area contributed by atoms with Crippen LogP contribution in [0.5, 0.6) is 0 Å². The molecule has 1 atom stereocenters. The summed E-state index contributed by atoms with van der Waals surface area (Å²) in [6.07, 6.45) is 6.87. The maximum Gasteiger partial charge on any atom is 0.314 e. The van der Waals surface area contributed by atoms with Crippen LogP contribution in [0.2, 0.25) is 0 Å². The minimum absolute atomic E-state index is 0.130. The zero-order chi connectivity index (χ0) is 12.8. The predicted molar refractivity (Wildman–Crippen MR) is 67.3 cm³/mol. The first-order chi connectivity index (χ1) is 8.74. The van der Waals surface area contributed by atoms with E-state index in [1.165, 1.54) is 0 Å². The summed E-state index contributed by atoms with van der Waals surface area (Å²) in [5.41, 5.74) is 1.12. The second-order valence-electron chi connectivity index (χ2n) is 4.54. The number of hydrogen-bond donors (Lipinski definition) is 2. The number of ether oxygens (including phenoxy) is 1. The van der Waals surface area contributed by atoms with Gasteiger partial charge >= 0.3 is 6.03 Å². The number of carbonyl (C=O) groups excluding carboxylic acids is 1. The van der Waals surface area contributed by atoms with Gasteiger partial charge in [0.15, 0.2) is 0 Å². The Morgan fingerprint density at radius 2 is 2.50 bits per heavy atom. The molecule has 1 fully saturated rings. The Hall–Kier alpha value is -1.56. The number of aromatic nitrogens is 2. The Morgan fingerprint density at radius 1 is 1.61 bits per heavy atom. The molecule has 0 radical (unpaired) electrons. The Balaban J connectivity index is 1.57. The van der Waals surface area contributed by atoms with Gasteiger partial charge in [0.25, 0.3) is 0 Å². The van der Waals surface area contributed by atoms with E-state index in [0.29, 0.717) is 13.1 Å². The topological polar surface area (TPSA) is 68.2 Å². The van der Waals surface area contributed by atoms with Crippen molar-refractivity contribution in [3.63, 3.8) is 0 Å². The zero-order valence-electron chi connectivity index (χ0n) is 10.7. The summed E-state index contributed by atoms with van der Waals surface area (Å²) in [5.74, 6) is 0. The van der Waals surface area contributed by atoms with Crippen molar-refractivity contribution in [3.05, 3.63) is 18.0 Å². The summed E-state index contributed by atoms with van der Waals surface area (Å²) >= 11 is 0. The highest BCUT2D eigenvalue weighted by atomic mass is 16.5. The summed E-state index contributed by atoms with van der Waals surface area (Å²) in [7, 11) is 1.88. The average Bonchev–Trinajstić information content (AvgIpc) is 2.98. The van der Waals surface area contributed by atoms with E-state index < -0.39 is 0 Å². The van der Waals surface area contributed by atoms with Gasteiger partial charge in [-0.25, -0.2) is 4.79 Å². The van der Waals surface area contributed by atoms with E-state index >= 15 is 0 Å². The highest BCUT2D eigenvalue weighted by Gasteiger charge is 2.15. The van der Waals surface area contributed by atoms with Crippen molar-refractivity contribution in [1.82, 2.24) is 20.4 Å². The van der Waals surface area contributed by atoms with Gasteiger partial charge in [0.2, 0.25) is 0 Å². The average molecular weight is 252 g/mol.